The Balaban J connectivity index is 1.97. The number of aryl methyl sites for hydroxylation is 4. The molecule has 0 unspecified atom stereocenters. The molecule has 0 fully saturated rings. The highest BCUT2D eigenvalue weighted by Crippen LogP contribution is 2.15. The minimum absolute atomic E-state index is 0.212. The Labute approximate surface area is 137 Å². The molecule has 0 atom stereocenters. The van der Waals surface area contributed by atoms with E-state index in [0.717, 1.165) is 24.5 Å². The van der Waals surface area contributed by atoms with Crippen LogP contribution < -0.4 is 4.57 Å². The third-order valence-electron chi connectivity index (χ3n) is 3.63. The van der Waals surface area contributed by atoms with Crippen molar-refractivity contribution in [3.63, 3.8) is 0 Å². The highest BCUT2D eigenvalue weighted by Gasteiger charge is 2.15. The van der Waals surface area contributed by atoms with Gasteiger partial charge in [0.2, 0.25) is 0 Å². The second-order valence-electron chi connectivity index (χ2n) is 5.69. The number of hydrogen-bond acceptors (Lipinski definition) is 2. The average molecular weight is 317 g/mol. The summed E-state index contributed by atoms with van der Waals surface area (Å²) in [6, 6.07) is 8.94. The Bertz CT molecular complexity index is 617. The Morgan fingerprint density at radius 2 is 1.82 bits per heavy atom. The van der Waals surface area contributed by atoms with Gasteiger partial charge in [0.15, 0.2) is 0 Å². The fraction of sp³-hybridized carbons (Fsp3) is 0.444. The summed E-state index contributed by atoms with van der Waals surface area (Å²) in [5.74, 6) is 0.744. The molecule has 0 N–H and O–H groups in total. The van der Waals surface area contributed by atoms with Gasteiger partial charge in [0, 0.05) is 6.42 Å². The van der Waals surface area contributed by atoms with Crippen LogP contribution in [0.15, 0.2) is 41.8 Å². The fourth-order valence-electron chi connectivity index (χ4n) is 2.44. The Morgan fingerprint density at radius 1 is 1.18 bits per heavy atom. The maximum Gasteiger partial charge on any atom is 0.318 e. The molecule has 0 aliphatic heterocycles. The molecule has 118 valence electrons. The molecule has 0 radical (unpaired) electrons. The van der Waals surface area contributed by atoms with Crippen LogP contribution in [-0.4, -0.2) is 16.1 Å². The molecule has 0 amide bonds. The summed E-state index contributed by atoms with van der Waals surface area (Å²) in [7, 11) is 2.03. The SMILES string of the molecule is CCCc1ccc(CCn2cc[n+](C)c2SCC(C)=O)cc1. The normalized spacial score (nSPS) is 10.9. The summed E-state index contributed by atoms with van der Waals surface area (Å²) in [5.41, 5.74) is 2.77. The second-order valence-corrected chi connectivity index (χ2v) is 6.63. The van der Waals surface area contributed by atoms with Gasteiger partial charge in [0.25, 0.3) is 0 Å². The Kier molecular flexibility index (Phi) is 6.25. The molecule has 1 aromatic carbocycles. The van der Waals surface area contributed by atoms with Crippen LogP contribution >= 0.6 is 11.8 Å². The quantitative estimate of drug-likeness (QED) is 0.552. The van der Waals surface area contributed by atoms with E-state index in [1.165, 1.54) is 17.5 Å². The van der Waals surface area contributed by atoms with E-state index in [0.29, 0.717) is 5.75 Å². The average Bonchev–Trinajstić information content (AvgIpc) is 2.85. The van der Waals surface area contributed by atoms with Crippen molar-refractivity contribution in [1.29, 1.82) is 0 Å². The smallest absolute Gasteiger partial charge is 0.299 e. The van der Waals surface area contributed by atoms with E-state index >= 15 is 0 Å². The van der Waals surface area contributed by atoms with Gasteiger partial charge in [-0.05, 0) is 36.2 Å². The van der Waals surface area contributed by atoms with Crippen LogP contribution in [-0.2, 0) is 31.2 Å². The van der Waals surface area contributed by atoms with E-state index in [-0.39, 0.29) is 5.78 Å². The molecule has 0 spiro atoms. The lowest BCUT2D eigenvalue weighted by Crippen LogP contribution is -2.29. The molecule has 0 aliphatic rings. The lowest BCUT2D eigenvalue weighted by molar-refractivity contribution is -0.709. The van der Waals surface area contributed by atoms with Gasteiger partial charge >= 0.3 is 5.16 Å². The van der Waals surface area contributed by atoms with E-state index < -0.39 is 0 Å². The Morgan fingerprint density at radius 3 is 2.41 bits per heavy atom. The molecule has 1 heterocycles. The van der Waals surface area contributed by atoms with E-state index in [4.69, 9.17) is 0 Å². The van der Waals surface area contributed by atoms with Crippen LogP contribution in [0.1, 0.15) is 31.4 Å². The lowest BCUT2D eigenvalue weighted by Gasteiger charge is -2.04. The van der Waals surface area contributed by atoms with Crippen molar-refractivity contribution >= 4 is 17.5 Å². The molecule has 3 nitrogen and oxygen atoms in total. The third kappa shape index (κ3) is 4.73. The summed E-state index contributed by atoms with van der Waals surface area (Å²) in [4.78, 5) is 11.2. The lowest BCUT2D eigenvalue weighted by atomic mass is 10.1. The second kappa shape index (κ2) is 8.18. The van der Waals surface area contributed by atoms with Crippen LogP contribution in [0.2, 0.25) is 0 Å². The predicted octanol–water partition coefficient (Wildman–Crippen LogP) is 3.19. The number of carbonyl (C=O) groups is 1. The van der Waals surface area contributed by atoms with Crippen molar-refractivity contribution in [2.24, 2.45) is 7.05 Å². The number of ketones is 1. The van der Waals surface area contributed by atoms with Gasteiger partial charge in [0.1, 0.15) is 18.2 Å². The van der Waals surface area contributed by atoms with Crippen LogP contribution in [0.5, 0.6) is 0 Å². The number of rotatable bonds is 8. The van der Waals surface area contributed by atoms with Gasteiger partial charge in [-0.15, -0.1) is 0 Å². The van der Waals surface area contributed by atoms with Gasteiger partial charge in [-0.3, -0.25) is 4.79 Å². The summed E-state index contributed by atoms with van der Waals surface area (Å²) in [6.07, 6.45) is 7.49. The van der Waals surface area contributed by atoms with Gasteiger partial charge in [0.05, 0.1) is 19.3 Å². The van der Waals surface area contributed by atoms with Crippen molar-refractivity contribution in [2.75, 3.05) is 5.75 Å². The van der Waals surface area contributed by atoms with Gasteiger partial charge in [-0.25, -0.2) is 9.13 Å². The molecule has 2 aromatic rings. The van der Waals surface area contributed by atoms with Crippen LogP contribution in [0.3, 0.4) is 0 Å². The van der Waals surface area contributed by atoms with Crippen LogP contribution in [0.4, 0.5) is 0 Å². The Hall–Kier alpha value is -1.55. The standard InChI is InChI=1S/C18H25N2OS/c1-4-5-16-6-8-17(9-7-16)10-11-20-13-12-19(3)18(20)22-14-15(2)21/h6-9,12-13H,4-5,10-11,14H2,1-3H3/q+1. The molecular weight excluding hydrogens is 292 g/mol. The van der Waals surface area contributed by atoms with Crippen molar-refractivity contribution in [1.82, 2.24) is 4.57 Å². The largest absolute Gasteiger partial charge is 0.318 e. The van der Waals surface area contributed by atoms with Crippen molar-refractivity contribution < 1.29 is 9.36 Å². The van der Waals surface area contributed by atoms with E-state index in [1.807, 2.05) is 13.2 Å². The minimum atomic E-state index is 0.212. The van der Waals surface area contributed by atoms with Crippen LogP contribution in [0, 0.1) is 0 Å². The first-order chi connectivity index (χ1) is 10.6. The van der Waals surface area contributed by atoms with E-state index in [2.05, 4.69) is 46.5 Å². The van der Waals surface area contributed by atoms with Crippen molar-refractivity contribution in [2.45, 2.75) is 44.8 Å². The maximum absolute atomic E-state index is 11.2. The monoisotopic (exact) mass is 317 g/mol. The number of imidazole rings is 1. The third-order valence-corrected chi connectivity index (χ3v) is 4.96. The minimum Gasteiger partial charge on any atom is -0.299 e. The summed E-state index contributed by atoms with van der Waals surface area (Å²) in [5, 5.41) is 1.14. The van der Waals surface area contributed by atoms with Crippen LogP contribution in [0.25, 0.3) is 0 Å². The molecule has 2 rings (SSSR count). The van der Waals surface area contributed by atoms with Gasteiger partial charge in [-0.1, -0.05) is 37.6 Å². The summed E-state index contributed by atoms with van der Waals surface area (Å²) < 4.78 is 4.31. The molecule has 0 aliphatic carbocycles. The molecule has 22 heavy (non-hydrogen) atoms. The van der Waals surface area contributed by atoms with Crippen molar-refractivity contribution in [3.05, 3.63) is 47.8 Å². The number of aromatic nitrogens is 2. The number of Topliss-reactive ketones (excluding diaryl/α,β-unsaturated/α-hetero) is 1. The van der Waals surface area contributed by atoms with Gasteiger partial charge < -0.3 is 0 Å². The maximum atomic E-state index is 11.2. The molecule has 0 saturated heterocycles. The first-order valence-corrected chi connectivity index (χ1v) is 8.83. The molecular formula is C18H25N2OS+. The first-order valence-electron chi connectivity index (χ1n) is 7.85. The fourth-order valence-corrected chi connectivity index (χ4v) is 3.36. The van der Waals surface area contributed by atoms with Gasteiger partial charge in [-0.2, -0.15) is 0 Å². The molecule has 1 aromatic heterocycles. The topological polar surface area (TPSA) is 25.9 Å². The highest BCUT2D eigenvalue weighted by atomic mass is 32.2. The zero-order chi connectivity index (χ0) is 15.9. The number of hydrogen-bond donors (Lipinski definition) is 0. The number of carbonyl (C=O) groups excluding carboxylic acids is 1. The number of nitrogens with zero attached hydrogens (tertiary/aromatic N) is 2. The molecule has 0 bridgehead atoms. The zero-order valence-corrected chi connectivity index (χ0v) is 14.5. The number of benzene rings is 1. The summed E-state index contributed by atoms with van der Waals surface area (Å²) >= 11 is 1.61. The first kappa shape index (κ1) is 16.8. The van der Waals surface area contributed by atoms with Crippen molar-refractivity contribution in [3.8, 4) is 0 Å². The van der Waals surface area contributed by atoms with E-state index in [9.17, 15) is 4.79 Å². The highest BCUT2D eigenvalue weighted by molar-refractivity contribution is 7.99. The number of thioether (sulfide) groups is 1. The zero-order valence-electron chi connectivity index (χ0n) is 13.7. The molecule has 0 saturated carbocycles. The predicted molar refractivity (Wildman–Crippen MR) is 91.2 cm³/mol. The molecule has 4 heteroatoms. The van der Waals surface area contributed by atoms with E-state index in [1.54, 1.807) is 18.7 Å². The summed E-state index contributed by atoms with van der Waals surface area (Å²) in [6.45, 7) is 4.78.